The van der Waals surface area contributed by atoms with Gasteiger partial charge in [0.1, 0.15) is 18.1 Å². The molecule has 18 heteroatoms. The highest BCUT2D eigenvalue weighted by molar-refractivity contribution is 5.71. The molecule has 3 aliphatic rings. The van der Waals surface area contributed by atoms with Crippen molar-refractivity contribution >= 4 is 11.9 Å². The Hall–Kier alpha value is -3.44. The number of carbonyl (C=O) groups is 2. The van der Waals surface area contributed by atoms with Gasteiger partial charge in [-0.3, -0.25) is 9.59 Å². The average molecular weight is 924 g/mol. The van der Waals surface area contributed by atoms with Gasteiger partial charge in [0.15, 0.2) is 12.1 Å². The number of esters is 1. The van der Waals surface area contributed by atoms with E-state index in [0.717, 1.165) is 0 Å². The minimum atomic E-state index is -2.33. The SMILES string of the molecule is CC1O[C@@H](O[C@H]2/C=C/C=C/C=C/C=C/C=C/C=C/C=C/[C@H](C)[C@@H](O)[C@H](C)[C@@H](C)OC(=O)C[C@H](O)C[C@H](O)CC[C@@H](O)[C@H](O)C[C@H](O)C[C@]3(O)C[C@H](O)[C@@H](C(=O)O)[C@H](C2)O3)C(O)C(N)[C@@H]1O. The molecule has 2 bridgehead atoms. The van der Waals surface area contributed by atoms with Crippen molar-refractivity contribution in [1.82, 2.24) is 0 Å². The molecule has 0 saturated carbocycles. The quantitative estimate of drug-likeness (QED) is 0.174. The molecule has 0 aromatic heterocycles. The van der Waals surface area contributed by atoms with Crippen LogP contribution < -0.4 is 5.73 Å². The fourth-order valence-corrected chi connectivity index (χ4v) is 7.97. The Labute approximate surface area is 381 Å². The van der Waals surface area contributed by atoms with Crippen LogP contribution in [0.1, 0.15) is 79.1 Å². The maximum atomic E-state index is 12.6. The summed E-state index contributed by atoms with van der Waals surface area (Å²) in [6.07, 6.45) is 3.46. The molecule has 65 heavy (non-hydrogen) atoms. The van der Waals surface area contributed by atoms with E-state index in [1.807, 2.05) is 19.1 Å². The Morgan fingerprint density at radius 2 is 1.23 bits per heavy atom. The third-order valence-corrected chi connectivity index (χ3v) is 12.0. The Balaban J connectivity index is 1.86. The Kier molecular flexibility index (Phi) is 23.6. The zero-order chi connectivity index (χ0) is 48.4. The largest absolute Gasteiger partial charge is 0.481 e. The van der Waals surface area contributed by atoms with Crippen molar-refractivity contribution < 1.29 is 84.7 Å². The standard InChI is InChI=1S/C47H73NO17/c1-27-17-15-13-11-9-7-5-6-8-10-12-14-16-18-34(64-46-44(58)41(48)43(57)30(4)63-46)24-38-40(45(59)60)37(54)26-47(61,65-38)25-33(51)22-36(53)35(52)20-19-31(49)21-32(50)23-39(55)62-29(3)28(2)42(27)56/h5-18,27-38,40-44,46,49-54,56-58,61H,19-26,48H2,1-4H3,(H,59,60)/b6-5+,9-7+,10-8+,13-11+,14-12+,17-15+,18-16+/t27-,28+,29+,30?,31+,32+,33-,34-,35+,36+,37-,38-,40+,41?,42+,43+,44?,46-,47+/m0/s1. The van der Waals surface area contributed by atoms with Crippen molar-refractivity contribution in [3.63, 3.8) is 0 Å². The molecule has 2 fully saturated rings. The van der Waals surface area contributed by atoms with Crippen molar-refractivity contribution in [2.24, 2.45) is 23.5 Å². The lowest BCUT2D eigenvalue weighted by molar-refractivity contribution is -0.308. The summed E-state index contributed by atoms with van der Waals surface area (Å²) in [4.78, 5) is 25.1. The summed E-state index contributed by atoms with van der Waals surface area (Å²) in [6, 6.07) is -1.15. The average Bonchev–Trinajstić information content (AvgIpc) is 3.21. The lowest BCUT2D eigenvalue weighted by Crippen LogP contribution is -2.61. The number of rotatable bonds is 3. The van der Waals surface area contributed by atoms with Crippen molar-refractivity contribution in [2.45, 2.75) is 177 Å². The van der Waals surface area contributed by atoms with Crippen molar-refractivity contribution in [2.75, 3.05) is 0 Å². The van der Waals surface area contributed by atoms with Crippen LogP contribution in [0, 0.1) is 17.8 Å². The van der Waals surface area contributed by atoms with Crippen LogP contribution >= 0.6 is 0 Å². The number of fused-ring (bicyclic) bond motifs is 2. The number of hydrogen-bond acceptors (Lipinski definition) is 17. The summed E-state index contributed by atoms with van der Waals surface area (Å²) in [5.74, 6) is -6.83. The number of carbonyl (C=O) groups excluding carboxylic acids is 1. The Morgan fingerprint density at radius 1 is 0.662 bits per heavy atom. The molecule has 3 rings (SSSR count). The molecule has 3 heterocycles. The van der Waals surface area contributed by atoms with Gasteiger partial charge in [0.25, 0.3) is 0 Å². The maximum absolute atomic E-state index is 12.6. The van der Waals surface area contributed by atoms with Crippen LogP contribution in [-0.2, 0) is 28.5 Å². The van der Waals surface area contributed by atoms with Crippen LogP contribution in [0.15, 0.2) is 85.1 Å². The predicted molar refractivity (Wildman–Crippen MR) is 237 cm³/mol. The molecule has 0 aliphatic carbocycles. The molecule has 2 saturated heterocycles. The highest BCUT2D eigenvalue weighted by atomic mass is 16.7. The molecular weight excluding hydrogens is 851 g/mol. The molecule has 18 nitrogen and oxygen atoms in total. The summed E-state index contributed by atoms with van der Waals surface area (Å²) in [7, 11) is 0. The maximum Gasteiger partial charge on any atom is 0.311 e. The Morgan fingerprint density at radius 3 is 1.82 bits per heavy atom. The number of ether oxygens (including phenoxy) is 4. The zero-order valence-electron chi connectivity index (χ0n) is 37.6. The second-order valence-electron chi connectivity index (χ2n) is 17.6. The van der Waals surface area contributed by atoms with E-state index in [2.05, 4.69) is 0 Å². The first-order chi connectivity index (χ1) is 30.6. The number of aliphatic hydroxyl groups excluding tert-OH is 9. The van der Waals surface area contributed by atoms with Crippen LogP contribution in [-0.4, -0.2) is 166 Å². The van der Waals surface area contributed by atoms with Crippen molar-refractivity contribution in [3.05, 3.63) is 85.1 Å². The highest BCUT2D eigenvalue weighted by Gasteiger charge is 2.51. The van der Waals surface area contributed by atoms with Crippen molar-refractivity contribution in [1.29, 1.82) is 0 Å². The molecule has 3 unspecified atom stereocenters. The molecule has 19 atom stereocenters. The van der Waals surface area contributed by atoms with Gasteiger partial charge in [-0.05, 0) is 33.1 Å². The number of cyclic esters (lactones) is 1. The topological polar surface area (TPSA) is 320 Å². The van der Waals surface area contributed by atoms with Gasteiger partial charge >= 0.3 is 11.9 Å². The fourth-order valence-electron chi connectivity index (χ4n) is 7.97. The van der Waals surface area contributed by atoms with E-state index in [1.54, 1.807) is 80.7 Å². The minimum Gasteiger partial charge on any atom is -0.481 e. The number of carboxylic acid groups (broad SMARTS) is 1. The van der Waals surface area contributed by atoms with E-state index in [4.69, 9.17) is 24.7 Å². The van der Waals surface area contributed by atoms with Gasteiger partial charge in [0.2, 0.25) is 0 Å². The van der Waals surface area contributed by atoms with Crippen LogP contribution in [0.25, 0.3) is 0 Å². The van der Waals surface area contributed by atoms with Gasteiger partial charge in [-0.1, -0.05) is 98.9 Å². The van der Waals surface area contributed by atoms with E-state index < -0.39 is 147 Å². The summed E-state index contributed by atoms with van der Waals surface area (Å²) >= 11 is 0. The van der Waals surface area contributed by atoms with Gasteiger partial charge in [0, 0.05) is 37.5 Å². The number of aliphatic hydroxyl groups is 10. The lowest BCUT2D eigenvalue weighted by atomic mass is 9.82. The third kappa shape index (κ3) is 18.6. The molecule has 3 aliphatic heterocycles. The third-order valence-electron chi connectivity index (χ3n) is 12.0. The van der Waals surface area contributed by atoms with Crippen LogP contribution in [0.2, 0.25) is 0 Å². The number of allylic oxidation sites excluding steroid dienone is 12. The predicted octanol–water partition coefficient (Wildman–Crippen LogP) is 0.712. The second kappa shape index (κ2) is 27.4. The van der Waals surface area contributed by atoms with Gasteiger partial charge in [-0.15, -0.1) is 0 Å². The van der Waals surface area contributed by atoms with E-state index in [1.165, 1.54) is 13.0 Å². The molecular formula is C47H73NO17. The van der Waals surface area contributed by atoms with Gasteiger partial charge in [-0.2, -0.15) is 0 Å². The summed E-state index contributed by atoms with van der Waals surface area (Å²) in [6.45, 7) is 6.74. The Bertz CT molecular complexity index is 1670. The van der Waals surface area contributed by atoms with Crippen LogP contribution in [0.3, 0.4) is 0 Å². The first kappa shape index (κ1) is 55.9. The molecule has 0 radical (unpaired) electrons. The van der Waals surface area contributed by atoms with E-state index >= 15 is 0 Å². The van der Waals surface area contributed by atoms with E-state index in [9.17, 15) is 65.8 Å². The zero-order valence-corrected chi connectivity index (χ0v) is 37.6. The first-order valence-electron chi connectivity index (χ1n) is 22.3. The second-order valence-corrected chi connectivity index (χ2v) is 17.6. The van der Waals surface area contributed by atoms with Crippen LogP contribution in [0.5, 0.6) is 0 Å². The van der Waals surface area contributed by atoms with Crippen LogP contribution in [0.4, 0.5) is 0 Å². The number of hydrogen-bond donors (Lipinski definition) is 12. The highest BCUT2D eigenvalue weighted by Crippen LogP contribution is 2.38. The molecule has 0 aromatic carbocycles. The summed E-state index contributed by atoms with van der Waals surface area (Å²) < 4.78 is 23.1. The fraction of sp³-hybridized carbons (Fsp3) is 0.660. The van der Waals surface area contributed by atoms with E-state index in [-0.39, 0.29) is 31.6 Å². The van der Waals surface area contributed by atoms with Crippen molar-refractivity contribution in [3.8, 4) is 0 Å². The molecule has 0 amide bonds. The van der Waals surface area contributed by atoms with Gasteiger partial charge < -0.3 is 80.9 Å². The summed E-state index contributed by atoms with van der Waals surface area (Å²) in [5, 5.41) is 118. The molecule has 13 N–H and O–H groups in total. The normalized spacial score (nSPS) is 45.5. The van der Waals surface area contributed by atoms with Gasteiger partial charge in [0.05, 0.1) is 79.6 Å². The molecule has 368 valence electrons. The minimum absolute atomic E-state index is 0.107. The number of carboxylic acids is 1. The van der Waals surface area contributed by atoms with Gasteiger partial charge in [-0.25, -0.2) is 0 Å². The monoisotopic (exact) mass is 923 g/mol. The smallest absolute Gasteiger partial charge is 0.311 e. The number of aliphatic carboxylic acids is 1. The lowest BCUT2D eigenvalue weighted by Gasteiger charge is -2.45. The first-order valence-corrected chi connectivity index (χ1v) is 22.3. The molecule has 0 spiro atoms. The van der Waals surface area contributed by atoms with E-state index in [0.29, 0.717) is 0 Å². The molecule has 0 aromatic rings. The summed E-state index contributed by atoms with van der Waals surface area (Å²) in [5.41, 5.74) is 6.02. The number of nitrogens with two attached hydrogens (primary N) is 1.